The maximum absolute atomic E-state index is 5.78. The van der Waals surface area contributed by atoms with Crippen LogP contribution in [0.25, 0.3) is 0 Å². The van der Waals surface area contributed by atoms with Gasteiger partial charge in [0.1, 0.15) is 5.15 Å². The highest BCUT2D eigenvalue weighted by atomic mass is 127. The maximum Gasteiger partial charge on any atom is 0.190 e. The van der Waals surface area contributed by atoms with Gasteiger partial charge < -0.3 is 15.5 Å². The van der Waals surface area contributed by atoms with Crippen molar-refractivity contribution < 1.29 is 0 Å². The van der Waals surface area contributed by atoms with Gasteiger partial charge in [-0.05, 0) is 63.4 Å². The molecule has 7 heteroatoms. The number of nitrogens with zero attached hydrogens (tertiary/aromatic N) is 3. The minimum atomic E-state index is 0. The van der Waals surface area contributed by atoms with Gasteiger partial charge in [0.15, 0.2) is 5.96 Å². The summed E-state index contributed by atoms with van der Waals surface area (Å²) in [5.41, 5.74) is 1.17. The molecule has 0 unspecified atom stereocenters. The number of nitrogens with one attached hydrogen (secondary N) is 2. The van der Waals surface area contributed by atoms with E-state index in [2.05, 4.69) is 25.5 Å². The lowest BCUT2D eigenvalue weighted by Crippen LogP contribution is -2.38. The molecule has 0 spiro atoms. The Labute approximate surface area is 167 Å². The van der Waals surface area contributed by atoms with Gasteiger partial charge in [-0.3, -0.25) is 4.99 Å². The number of unbranched alkanes of at least 4 members (excludes halogenated alkanes) is 1. The molecule has 2 rings (SSSR count). The molecule has 0 aliphatic carbocycles. The van der Waals surface area contributed by atoms with Crippen LogP contribution in [0.5, 0.6) is 0 Å². The Morgan fingerprint density at radius 2 is 1.96 bits per heavy atom. The monoisotopic (exact) mass is 465 g/mol. The predicted molar refractivity (Wildman–Crippen MR) is 113 cm³/mol. The fourth-order valence-corrected chi connectivity index (χ4v) is 2.89. The van der Waals surface area contributed by atoms with Crippen LogP contribution in [0.4, 0.5) is 0 Å². The first kappa shape index (κ1) is 21.4. The molecular weight excluding hydrogens is 437 g/mol. The predicted octanol–water partition coefficient (Wildman–Crippen LogP) is 2.94. The number of aromatic nitrogens is 1. The third-order valence-electron chi connectivity index (χ3n) is 4.11. The summed E-state index contributed by atoms with van der Waals surface area (Å²) in [4.78, 5) is 10.9. The summed E-state index contributed by atoms with van der Waals surface area (Å²) < 4.78 is 0. The Hall–Kier alpha value is -0.600. The number of guanidine groups is 1. The van der Waals surface area contributed by atoms with Gasteiger partial charge in [0.05, 0.1) is 0 Å². The summed E-state index contributed by atoms with van der Waals surface area (Å²) in [6, 6.07) is 3.83. The van der Waals surface area contributed by atoms with Gasteiger partial charge in [-0.15, -0.1) is 24.0 Å². The highest BCUT2D eigenvalue weighted by Gasteiger charge is 2.09. The van der Waals surface area contributed by atoms with Crippen LogP contribution in [0, 0.1) is 0 Å². The van der Waals surface area contributed by atoms with Crippen LogP contribution in [0.2, 0.25) is 5.15 Å². The summed E-state index contributed by atoms with van der Waals surface area (Å²) in [5, 5.41) is 7.24. The number of likely N-dealkylation sites (tertiary alicyclic amines) is 1. The summed E-state index contributed by atoms with van der Waals surface area (Å²) in [7, 11) is 1.81. The molecule has 1 saturated heterocycles. The number of pyridine rings is 1. The highest BCUT2D eigenvalue weighted by molar-refractivity contribution is 14.0. The molecule has 0 aromatic carbocycles. The topological polar surface area (TPSA) is 52.6 Å². The fourth-order valence-electron chi connectivity index (χ4n) is 2.77. The van der Waals surface area contributed by atoms with Crippen molar-refractivity contribution in [3.8, 4) is 0 Å². The molecule has 24 heavy (non-hydrogen) atoms. The lowest BCUT2D eigenvalue weighted by atomic mass is 10.2. The van der Waals surface area contributed by atoms with E-state index in [0.29, 0.717) is 5.15 Å². The van der Waals surface area contributed by atoms with Crippen molar-refractivity contribution in [1.82, 2.24) is 20.5 Å². The van der Waals surface area contributed by atoms with Crippen LogP contribution >= 0.6 is 35.6 Å². The molecule has 1 aliphatic rings. The molecule has 136 valence electrons. The lowest BCUT2D eigenvalue weighted by Gasteiger charge is -2.15. The molecule has 0 bridgehead atoms. The zero-order valence-electron chi connectivity index (χ0n) is 14.4. The van der Waals surface area contributed by atoms with E-state index >= 15 is 0 Å². The zero-order chi connectivity index (χ0) is 16.3. The van der Waals surface area contributed by atoms with E-state index in [1.54, 1.807) is 0 Å². The van der Waals surface area contributed by atoms with Crippen LogP contribution in [0.15, 0.2) is 23.3 Å². The third-order valence-corrected chi connectivity index (χ3v) is 4.33. The first-order valence-corrected chi connectivity index (χ1v) is 8.93. The number of rotatable bonds is 8. The number of hydrogen-bond donors (Lipinski definition) is 2. The van der Waals surface area contributed by atoms with Crippen molar-refractivity contribution in [2.24, 2.45) is 4.99 Å². The third kappa shape index (κ3) is 8.48. The number of aliphatic imine (C=N–C) groups is 1. The minimum Gasteiger partial charge on any atom is -0.356 e. The average Bonchev–Trinajstić information content (AvgIpc) is 3.08. The van der Waals surface area contributed by atoms with E-state index in [1.165, 1.54) is 50.9 Å². The molecule has 1 aliphatic heterocycles. The molecule has 0 atom stereocenters. The number of hydrogen-bond acceptors (Lipinski definition) is 3. The van der Waals surface area contributed by atoms with Crippen molar-refractivity contribution in [2.75, 3.05) is 39.8 Å². The van der Waals surface area contributed by atoms with E-state index in [9.17, 15) is 0 Å². The van der Waals surface area contributed by atoms with Gasteiger partial charge in [-0.1, -0.05) is 17.7 Å². The molecule has 0 radical (unpaired) electrons. The van der Waals surface area contributed by atoms with E-state index in [4.69, 9.17) is 11.6 Å². The molecule has 1 fully saturated rings. The van der Waals surface area contributed by atoms with Crippen LogP contribution in [0.1, 0.15) is 31.2 Å². The summed E-state index contributed by atoms with van der Waals surface area (Å²) in [6.45, 7) is 5.61. The smallest absolute Gasteiger partial charge is 0.190 e. The lowest BCUT2D eigenvalue weighted by molar-refractivity contribution is 0.330. The maximum atomic E-state index is 5.78. The van der Waals surface area contributed by atoms with Crippen LogP contribution in [-0.2, 0) is 6.42 Å². The second-order valence-electron chi connectivity index (χ2n) is 5.92. The molecule has 2 heterocycles. The van der Waals surface area contributed by atoms with Crippen LogP contribution in [0.3, 0.4) is 0 Å². The van der Waals surface area contributed by atoms with E-state index in [0.717, 1.165) is 25.5 Å². The Kier molecular flexibility index (Phi) is 11.4. The fraction of sp³-hybridized carbons (Fsp3) is 0.647. The zero-order valence-corrected chi connectivity index (χ0v) is 17.5. The summed E-state index contributed by atoms with van der Waals surface area (Å²) >= 11 is 5.78. The largest absolute Gasteiger partial charge is 0.356 e. The molecule has 5 nitrogen and oxygen atoms in total. The SMILES string of the molecule is CN=C(NCCCCN1CCCC1)NCCc1ccc(Cl)nc1.I. The molecule has 0 amide bonds. The van der Waals surface area contributed by atoms with E-state index in [1.807, 2.05) is 25.4 Å². The average molecular weight is 466 g/mol. The van der Waals surface area contributed by atoms with Crippen molar-refractivity contribution in [3.05, 3.63) is 29.0 Å². The van der Waals surface area contributed by atoms with Gasteiger partial charge in [-0.25, -0.2) is 4.98 Å². The first-order valence-electron chi connectivity index (χ1n) is 8.55. The molecule has 0 saturated carbocycles. The second-order valence-corrected chi connectivity index (χ2v) is 6.31. The minimum absolute atomic E-state index is 0. The Bertz CT molecular complexity index is 474. The Morgan fingerprint density at radius 1 is 1.21 bits per heavy atom. The Balaban J connectivity index is 0.00000288. The van der Waals surface area contributed by atoms with Gasteiger partial charge >= 0.3 is 0 Å². The molecule has 2 N–H and O–H groups in total. The quantitative estimate of drug-likeness (QED) is 0.204. The summed E-state index contributed by atoms with van der Waals surface area (Å²) in [5.74, 6) is 0.869. The van der Waals surface area contributed by atoms with Crippen molar-refractivity contribution in [3.63, 3.8) is 0 Å². The van der Waals surface area contributed by atoms with Gasteiger partial charge in [-0.2, -0.15) is 0 Å². The van der Waals surface area contributed by atoms with Crippen LogP contribution in [-0.4, -0.2) is 55.6 Å². The second kappa shape index (κ2) is 12.7. The molecular formula is C17H29ClIN5. The van der Waals surface area contributed by atoms with Crippen LogP contribution < -0.4 is 10.6 Å². The molecule has 1 aromatic heterocycles. The highest BCUT2D eigenvalue weighted by Crippen LogP contribution is 2.08. The van der Waals surface area contributed by atoms with E-state index in [-0.39, 0.29) is 24.0 Å². The Morgan fingerprint density at radius 3 is 2.62 bits per heavy atom. The van der Waals surface area contributed by atoms with Crippen molar-refractivity contribution >= 4 is 41.5 Å². The first-order chi connectivity index (χ1) is 11.3. The van der Waals surface area contributed by atoms with Gasteiger partial charge in [0.2, 0.25) is 0 Å². The van der Waals surface area contributed by atoms with E-state index < -0.39 is 0 Å². The standard InChI is InChI=1S/C17H28ClN5.HI/c1-19-17(20-9-2-3-11-23-12-4-5-13-23)21-10-8-15-6-7-16(18)22-14-15;/h6-7,14H,2-5,8-13H2,1H3,(H2,19,20,21);1H. The van der Waals surface area contributed by atoms with Crippen molar-refractivity contribution in [2.45, 2.75) is 32.1 Å². The summed E-state index contributed by atoms with van der Waals surface area (Å²) in [6.07, 6.45) is 7.90. The number of halogens is 2. The molecule has 1 aromatic rings. The normalized spacial score (nSPS) is 15.2. The van der Waals surface area contributed by atoms with Gasteiger partial charge in [0.25, 0.3) is 0 Å². The van der Waals surface area contributed by atoms with Gasteiger partial charge in [0, 0.05) is 26.3 Å². The van der Waals surface area contributed by atoms with Crippen molar-refractivity contribution in [1.29, 1.82) is 0 Å².